The van der Waals surface area contributed by atoms with Crippen molar-refractivity contribution >= 4 is 11.8 Å². The maximum Gasteiger partial charge on any atom is 0.123 e. The van der Waals surface area contributed by atoms with Gasteiger partial charge in [0.25, 0.3) is 0 Å². The highest BCUT2D eigenvalue weighted by molar-refractivity contribution is 7.98. The van der Waals surface area contributed by atoms with Crippen molar-refractivity contribution in [3.8, 4) is 5.75 Å². The van der Waals surface area contributed by atoms with E-state index in [4.69, 9.17) is 4.74 Å². The van der Waals surface area contributed by atoms with E-state index in [9.17, 15) is 0 Å². The van der Waals surface area contributed by atoms with Crippen molar-refractivity contribution in [3.05, 3.63) is 29.8 Å². The maximum absolute atomic E-state index is 5.57. The standard InChI is InChI=1S/C13H21NOS/c1-3-15-13-8-5-4-7-12(13)11-14-9-6-10-16-2/h4-5,7-8,14H,3,6,9-11H2,1-2H3. The zero-order valence-corrected chi connectivity index (χ0v) is 11.0. The minimum Gasteiger partial charge on any atom is -0.494 e. The molecule has 0 aliphatic heterocycles. The molecule has 1 aromatic carbocycles. The minimum absolute atomic E-state index is 0.726. The quantitative estimate of drug-likeness (QED) is 0.705. The normalized spacial score (nSPS) is 10.4. The monoisotopic (exact) mass is 239 g/mol. The van der Waals surface area contributed by atoms with E-state index in [2.05, 4.69) is 23.7 Å². The molecule has 0 aromatic heterocycles. The zero-order valence-electron chi connectivity index (χ0n) is 10.2. The fraction of sp³-hybridized carbons (Fsp3) is 0.538. The lowest BCUT2D eigenvalue weighted by molar-refractivity contribution is 0.335. The molecule has 0 aliphatic carbocycles. The molecule has 16 heavy (non-hydrogen) atoms. The molecule has 3 heteroatoms. The van der Waals surface area contributed by atoms with Gasteiger partial charge in [-0.1, -0.05) is 18.2 Å². The largest absolute Gasteiger partial charge is 0.494 e. The summed E-state index contributed by atoms with van der Waals surface area (Å²) in [5, 5.41) is 3.44. The highest BCUT2D eigenvalue weighted by atomic mass is 32.2. The smallest absolute Gasteiger partial charge is 0.123 e. The molecule has 0 heterocycles. The van der Waals surface area contributed by atoms with Crippen LogP contribution in [0.4, 0.5) is 0 Å². The number of benzene rings is 1. The zero-order chi connectivity index (χ0) is 11.6. The van der Waals surface area contributed by atoms with Crippen molar-refractivity contribution in [2.45, 2.75) is 19.9 Å². The summed E-state index contributed by atoms with van der Waals surface area (Å²) in [4.78, 5) is 0. The third-order valence-corrected chi connectivity index (χ3v) is 2.99. The third kappa shape index (κ3) is 4.90. The summed E-state index contributed by atoms with van der Waals surface area (Å²) in [7, 11) is 0. The van der Waals surface area contributed by atoms with Gasteiger partial charge in [0, 0.05) is 12.1 Å². The summed E-state index contributed by atoms with van der Waals surface area (Å²) >= 11 is 1.89. The molecule has 0 unspecified atom stereocenters. The second kappa shape index (κ2) is 8.48. The third-order valence-electron chi connectivity index (χ3n) is 2.29. The molecule has 0 saturated carbocycles. The first-order valence-corrected chi connectivity index (χ1v) is 7.18. The Hall–Kier alpha value is -0.670. The number of nitrogens with one attached hydrogen (secondary N) is 1. The van der Waals surface area contributed by atoms with E-state index in [0.717, 1.165) is 25.4 Å². The predicted molar refractivity (Wildman–Crippen MR) is 72.3 cm³/mol. The predicted octanol–water partition coefficient (Wildman–Crippen LogP) is 2.93. The molecule has 0 radical (unpaired) electrons. The number of hydrogen-bond acceptors (Lipinski definition) is 3. The van der Waals surface area contributed by atoms with Gasteiger partial charge in [0.1, 0.15) is 5.75 Å². The summed E-state index contributed by atoms with van der Waals surface area (Å²) in [6.45, 7) is 4.71. The topological polar surface area (TPSA) is 21.3 Å². The highest BCUT2D eigenvalue weighted by Gasteiger charge is 2.00. The van der Waals surface area contributed by atoms with Crippen molar-refractivity contribution in [1.82, 2.24) is 5.32 Å². The Morgan fingerprint density at radius 3 is 2.88 bits per heavy atom. The van der Waals surface area contributed by atoms with Gasteiger partial charge in [0.05, 0.1) is 6.61 Å². The van der Waals surface area contributed by atoms with Crippen LogP contribution < -0.4 is 10.1 Å². The van der Waals surface area contributed by atoms with Gasteiger partial charge in [-0.15, -0.1) is 0 Å². The molecule has 1 N–H and O–H groups in total. The fourth-order valence-electron chi connectivity index (χ4n) is 1.51. The van der Waals surface area contributed by atoms with Crippen LogP contribution in [0.2, 0.25) is 0 Å². The van der Waals surface area contributed by atoms with Crippen molar-refractivity contribution in [1.29, 1.82) is 0 Å². The number of ether oxygens (including phenoxy) is 1. The van der Waals surface area contributed by atoms with Crippen molar-refractivity contribution in [2.24, 2.45) is 0 Å². The first kappa shape index (κ1) is 13.4. The second-order valence-corrected chi connectivity index (χ2v) is 4.55. The molecule has 0 bridgehead atoms. The van der Waals surface area contributed by atoms with Gasteiger partial charge in [0.15, 0.2) is 0 Å². The molecule has 1 aromatic rings. The Bertz CT molecular complexity index is 291. The van der Waals surface area contributed by atoms with E-state index in [0.29, 0.717) is 0 Å². The summed E-state index contributed by atoms with van der Waals surface area (Å²) < 4.78 is 5.57. The number of rotatable bonds is 8. The minimum atomic E-state index is 0.726. The molecule has 0 fully saturated rings. The van der Waals surface area contributed by atoms with Crippen LogP contribution in [-0.2, 0) is 6.54 Å². The molecule has 0 aliphatic rings. The average Bonchev–Trinajstić information content (AvgIpc) is 2.31. The summed E-state index contributed by atoms with van der Waals surface area (Å²) in [6.07, 6.45) is 3.36. The van der Waals surface area contributed by atoms with Crippen molar-refractivity contribution in [3.63, 3.8) is 0 Å². The molecule has 0 spiro atoms. The van der Waals surface area contributed by atoms with Crippen LogP contribution >= 0.6 is 11.8 Å². The van der Waals surface area contributed by atoms with E-state index in [-0.39, 0.29) is 0 Å². The first-order valence-electron chi connectivity index (χ1n) is 5.78. The van der Waals surface area contributed by atoms with Crippen LogP contribution in [0.15, 0.2) is 24.3 Å². The Morgan fingerprint density at radius 2 is 2.12 bits per heavy atom. The Labute approximate surface area is 103 Å². The maximum atomic E-state index is 5.57. The summed E-state index contributed by atoms with van der Waals surface area (Å²) in [5.74, 6) is 2.22. The molecule has 2 nitrogen and oxygen atoms in total. The van der Waals surface area contributed by atoms with Gasteiger partial charge in [-0.05, 0) is 38.0 Å². The molecule has 1 rings (SSSR count). The van der Waals surface area contributed by atoms with Crippen LogP contribution in [0.5, 0.6) is 5.75 Å². The Morgan fingerprint density at radius 1 is 1.31 bits per heavy atom. The van der Waals surface area contributed by atoms with Gasteiger partial charge in [-0.2, -0.15) is 11.8 Å². The average molecular weight is 239 g/mol. The van der Waals surface area contributed by atoms with Crippen LogP contribution in [0.25, 0.3) is 0 Å². The SMILES string of the molecule is CCOc1ccccc1CNCCCSC. The van der Waals surface area contributed by atoms with Gasteiger partial charge in [0.2, 0.25) is 0 Å². The second-order valence-electron chi connectivity index (χ2n) is 3.56. The van der Waals surface area contributed by atoms with Crippen LogP contribution in [-0.4, -0.2) is 25.2 Å². The lowest BCUT2D eigenvalue weighted by Crippen LogP contribution is -2.16. The van der Waals surface area contributed by atoms with E-state index in [1.165, 1.54) is 17.7 Å². The number of hydrogen-bond donors (Lipinski definition) is 1. The lowest BCUT2D eigenvalue weighted by atomic mass is 10.2. The summed E-state index contributed by atoms with van der Waals surface area (Å²) in [5.41, 5.74) is 1.24. The molecular formula is C13H21NOS. The molecule has 0 amide bonds. The van der Waals surface area contributed by atoms with Crippen molar-refractivity contribution in [2.75, 3.05) is 25.2 Å². The molecule has 0 atom stereocenters. The van der Waals surface area contributed by atoms with Crippen LogP contribution in [0.1, 0.15) is 18.9 Å². The van der Waals surface area contributed by atoms with Gasteiger partial charge < -0.3 is 10.1 Å². The van der Waals surface area contributed by atoms with Crippen LogP contribution in [0.3, 0.4) is 0 Å². The fourth-order valence-corrected chi connectivity index (χ4v) is 1.94. The lowest BCUT2D eigenvalue weighted by Gasteiger charge is -2.10. The van der Waals surface area contributed by atoms with E-state index >= 15 is 0 Å². The van der Waals surface area contributed by atoms with E-state index < -0.39 is 0 Å². The Kier molecular flexibility index (Phi) is 7.10. The molecule has 0 saturated heterocycles. The van der Waals surface area contributed by atoms with Crippen molar-refractivity contribution < 1.29 is 4.74 Å². The van der Waals surface area contributed by atoms with Gasteiger partial charge in [-0.3, -0.25) is 0 Å². The highest BCUT2D eigenvalue weighted by Crippen LogP contribution is 2.17. The number of para-hydroxylation sites is 1. The number of thioether (sulfide) groups is 1. The van der Waals surface area contributed by atoms with E-state index in [1.54, 1.807) is 0 Å². The van der Waals surface area contributed by atoms with Gasteiger partial charge >= 0.3 is 0 Å². The van der Waals surface area contributed by atoms with Gasteiger partial charge in [-0.25, -0.2) is 0 Å². The first-order chi connectivity index (χ1) is 7.88. The van der Waals surface area contributed by atoms with E-state index in [1.807, 2.05) is 30.8 Å². The Balaban J connectivity index is 2.34. The molecule has 90 valence electrons. The summed E-state index contributed by atoms with van der Waals surface area (Å²) in [6, 6.07) is 8.22. The molecular weight excluding hydrogens is 218 g/mol. The van der Waals surface area contributed by atoms with Crippen LogP contribution in [0, 0.1) is 0 Å².